The largest absolute Gasteiger partial charge is 0.490 e. The number of hydrogen-bond acceptors (Lipinski definition) is 7. The smallest absolute Gasteiger partial charge is 0.305 e. The van der Waals surface area contributed by atoms with Gasteiger partial charge in [0, 0.05) is 37.3 Å². The quantitative estimate of drug-likeness (QED) is 0.385. The van der Waals surface area contributed by atoms with E-state index in [1.165, 1.54) is 7.11 Å². The molecule has 0 amide bonds. The highest BCUT2D eigenvalue weighted by atomic mass is 16.5. The number of morpholine rings is 1. The predicted molar refractivity (Wildman–Crippen MR) is 99.5 cm³/mol. The molecule has 0 bridgehead atoms. The van der Waals surface area contributed by atoms with Crippen LogP contribution in [0.4, 0.5) is 5.69 Å². The van der Waals surface area contributed by atoms with Gasteiger partial charge in [0.15, 0.2) is 11.5 Å². The van der Waals surface area contributed by atoms with Crippen LogP contribution >= 0.6 is 0 Å². The minimum absolute atomic E-state index is 0.0399. The Morgan fingerprint density at radius 1 is 1.27 bits per heavy atom. The zero-order valence-corrected chi connectivity index (χ0v) is 15.7. The first-order valence-electron chi connectivity index (χ1n) is 9.10. The molecule has 7 heteroatoms. The molecule has 1 aromatic carbocycles. The van der Waals surface area contributed by atoms with Crippen molar-refractivity contribution in [2.45, 2.75) is 19.8 Å². The lowest BCUT2D eigenvalue weighted by Crippen LogP contribution is -2.37. The highest BCUT2D eigenvalue weighted by molar-refractivity contribution is 5.69. The van der Waals surface area contributed by atoms with Crippen molar-refractivity contribution in [2.75, 3.05) is 58.9 Å². The van der Waals surface area contributed by atoms with Crippen LogP contribution in [0, 0.1) is 5.92 Å². The molecule has 1 saturated heterocycles. The lowest BCUT2D eigenvalue weighted by molar-refractivity contribution is -0.141. The molecule has 26 heavy (non-hydrogen) atoms. The van der Waals surface area contributed by atoms with E-state index in [9.17, 15) is 4.79 Å². The van der Waals surface area contributed by atoms with Gasteiger partial charge in [-0.3, -0.25) is 9.69 Å². The number of carbonyl (C=O) groups is 1. The van der Waals surface area contributed by atoms with Crippen LogP contribution < -0.4 is 15.2 Å². The molecular weight excluding hydrogens is 336 g/mol. The fourth-order valence-corrected chi connectivity index (χ4v) is 2.71. The summed E-state index contributed by atoms with van der Waals surface area (Å²) in [6.07, 6.45) is 1.25. The first-order valence-corrected chi connectivity index (χ1v) is 9.10. The van der Waals surface area contributed by atoms with Gasteiger partial charge in [-0.2, -0.15) is 0 Å². The number of nitrogens with zero attached hydrogens (tertiary/aromatic N) is 1. The second-order valence-corrected chi connectivity index (χ2v) is 6.56. The van der Waals surface area contributed by atoms with Gasteiger partial charge in [0.05, 0.1) is 40.0 Å². The molecule has 1 aliphatic heterocycles. The standard InChI is InChI=1S/C19H30N2O5/c1-15(12-19(22)23-2)14-26-18-13-16(20)4-5-17(18)25-9-3-6-21-7-10-24-11-8-21/h4-5,13,15H,3,6-12,14,20H2,1-2H3. The van der Waals surface area contributed by atoms with E-state index in [0.717, 1.165) is 39.3 Å². The van der Waals surface area contributed by atoms with Gasteiger partial charge in [0.25, 0.3) is 0 Å². The molecule has 2 N–H and O–H groups in total. The zero-order valence-electron chi connectivity index (χ0n) is 15.7. The van der Waals surface area contributed by atoms with Crippen molar-refractivity contribution in [1.29, 1.82) is 0 Å². The molecule has 0 aromatic heterocycles. The SMILES string of the molecule is COC(=O)CC(C)COc1cc(N)ccc1OCCCN1CCOCC1. The molecule has 1 unspecified atom stereocenters. The summed E-state index contributed by atoms with van der Waals surface area (Å²) in [6.45, 7) is 7.50. The summed E-state index contributed by atoms with van der Waals surface area (Å²) in [5.74, 6) is 1.07. The minimum Gasteiger partial charge on any atom is -0.490 e. The van der Waals surface area contributed by atoms with Crippen LogP contribution in [0.3, 0.4) is 0 Å². The van der Waals surface area contributed by atoms with E-state index in [2.05, 4.69) is 9.64 Å². The molecule has 1 atom stereocenters. The number of methoxy groups -OCH3 is 1. The first-order chi connectivity index (χ1) is 12.6. The van der Waals surface area contributed by atoms with Crippen molar-refractivity contribution < 1.29 is 23.7 Å². The Bertz CT molecular complexity index is 561. The summed E-state index contributed by atoms with van der Waals surface area (Å²) in [5.41, 5.74) is 6.47. The number of nitrogen functional groups attached to an aromatic ring is 1. The Hall–Kier alpha value is -1.99. The van der Waals surface area contributed by atoms with Gasteiger partial charge >= 0.3 is 5.97 Å². The number of anilines is 1. The second-order valence-electron chi connectivity index (χ2n) is 6.56. The number of ether oxygens (including phenoxy) is 4. The molecule has 1 aliphatic rings. The fraction of sp³-hybridized carbons (Fsp3) is 0.632. The first kappa shape index (κ1) is 20.3. The average molecular weight is 366 g/mol. The van der Waals surface area contributed by atoms with Crippen molar-refractivity contribution in [1.82, 2.24) is 4.90 Å². The summed E-state index contributed by atoms with van der Waals surface area (Å²) in [7, 11) is 1.39. The van der Waals surface area contributed by atoms with Gasteiger partial charge in [-0.05, 0) is 18.6 Å². The highest BCUT2D eigenvalue weighted by Crippen LogP contribution is 2.30. The Labute approximate surface area is 155 Å². The number of hydrogen-bond donors (Lipinski definition) is 1. The topological polar surface area (TPSA) is 83.2 Å². The molecule has 1 heterocycles. The Kier molecular flexibility index (Phi) is 8.50. The van der Waals surface area contributed by atoms with E-state index >= 15 is 0 Å². The molecule has 0 saturated carbocycles. The molecular formula is C19H30N2O5. The van der Waals surface area contributed by atoms with Crippen LogP contribution in [-0.2, 0) is 14.3 Å². The van der Waals surface area contributed by atoms with E-state index in [0.29, 0.717) is 36.8 Å². The van der Waals surface area contributed by atoms with Crippen molar-refractivity contribution in [3.8, 4) is 11.5 Å². The summed E-state index contributed by atoms with van der Waals surface area (Å²) in [4.78, 5) is 13.7. The number of nitrogens with two attached hydrogens (primary N) is 1. The van der Waals surface area contributed by atoms with Gasteiger partial charge < -0.3 is 24.7 Å². The average Bonchev–Trinajstić information content (AvgIpc) is 2.65. The maximum atomic E-state index is 11.3. The van der Waals surface area contributed by atoms with Crippen molar-refractivity contribution in [3.05, 3.63) is 18.2 Å². The van der Waals surface area contributed by atoms with E-state index < -0.39 is 0 Å². The Morgan fingerprint density at radius 2 is 2.04 bits per heavy atom. The number of benzene rings is 1. The van der Waals surface area contributed by atoms with Gasteiger partial charge in [0.2, 0.25) is 0 Å². The third-order valence-electron chi connectivity index (χ3n) is 4.21. The molecule has 7 nitrogen and oxygen atoms in total. The third-order valence-corrected chi connectivity index (χ3v) is 4.21. The summed E-state index contributed by atoms with van der Waals surface area (Å²) >= 11 is 0. The molecule has 0 spiro atoms. The van der Waals surface area contributed by atoms with Crippen LogP contribution in [0.1, 0.15) is 19.8 Å². The van der Waals surface area contributed by atoms with Gasteiger partial charge in [-0.15, -0.1) is 0 Å². The van der Waals surface area contributed by atoms with Gasteiger partial charge in [0.1, 0.15) is 0 Å². The summed E-state index contributed by atoms with van der Waals surface area (Å²) in [6, 6.07) is 5.37. The lowest BCUT2D eigenvalue weighted by Gasteiger charge is -2.26. The van der Waals surface area contributed by atoms with Gasteiger partial charge in [-0.25, -0.2) is 0 Å². The molecule has 0 radical (unpaired) electrons. The van der Waals surface area contributed by atoms with E-state index in [4.69, 9.17) is 19.9 Å². The van der Waals surface area contributed by atoms with Crippen LogP contribution in [0.25, 0.3) is 0 Å². The lowest BCUT2D eigenvalue weighted by atomic mass is 10.1. The molecule has 1 aromatic rings. The predicted octanol–water partition coefficient (Wildman–Crippen LogP) is 1.95. The summed E-state index contributed by atoms with van der Waals surface area (Å²) < 4.78 is 21.7. The molecule has 2 rings (SSSR count). The number of carbonyl (C=O) groups excluding carboxylic acids is 1. The molecule has 0 aliphatic carbocycles. The Balaban J connectivity index is 1.79. The summed E-state index contributed by atoms with van der Waals surface area (Å²) in [5, 5.41) is 0. The Morgan fingerprint density at radius 3 is 2.77 bits per heavy atom. The number of esters is 1. The number of rotatable bonds is 10. The van der Waals surface area contributed by atoms with Crippen molar-refractivity contribution in [2.24, 2.45) is 5.92 Å². The minimum atomic E-state index is -0.242. The van der Waals surface area contributed by atoms with Crippen molar-refractivity contribution in [3.63, 3.8) is 0 Å². The maximum absolute atomic E-state index is 11.3. The fourth-order valence-electron chi connectivity index (χ4n) is 2.71. The highest BCUT2D eigenvalue weighted by Gasteiger charge is 2.13. The van der Waals surface area contributed by atoms with E-state index in [1.54, 1.807) is 12.1 Å². The van der Waals surface area contributed by atoms with Crippen LogP contribution in [0.5, 0.6) is 11.5 Å². The van der Waals surface area contributed by atoms with E-state index in [-0.39, 0.29) is 11.9 Å². The van der Waals surface area contributed by atoms with Crippen LogP contribution in [0.15, 0.2) is 18.2 Å². The molecule has 1 fully saturated rings. The zero-order chi connectivity index (χ0) is 18.8. The monoisotopic (exact) mass is 366 g/mol. The van der Waals surface area contributed by atoms with E-state index in [1.807, 2.05) is 13.0 Å². The third kappa shape index (κ3) is 7.09. The normalized spacial score (nSPS) is 16.1. The second kappa shape index (κ2) is 10.9. The van der Waals surface area contributed by atoms with Crippen molar-refractivity contribution >= 4 is 11.7 Å². The van der Waals surface area contributed by atoms with Crippen LogP contribution in [0.2, 0.25) is 0 Å². The van der Waals surface area contributed by atoms with Gasteiger partial charge in [-0.1, -0.05) is 6.92 Å². The van der Waals surface area contributed by atoms with Crippen LogP contribution in [-0.4, -0.2) is 64.0 Å². The molecule has 146 valence electrons. The maximum Gasteiger partial charge on any atom is 0.305 e.